The maximum atomic E-state index is 12.0. The number of nitrogens with two attached hydrogens (primary N) is 1. The summed E-state index contributed by atoms with van der Waals surface area (Å²) in [6.07, 6.45) is 6.18. The van der Waals surface area contributed by atoms with Crippen molar-refractivity contribution in [1.82, 2.24) is 9.55 Å². The number of anilines is 2. The number of aromatic nitrogens is 2. The van der Waals surface area contributed by atoms with Crippen LogP contribution in [0.3, 0.4) is 0 Å². The van der Waals surface area contributed by atoms with E-state index in [-0.39, 0.29) is 11.9 Å². The molecule has 0 saturated heterocycles. The normalized spacial score (nSPS) is 22.1. The Bertz CT molecular complexity index is 581. The standard InChI is InChI=1S/C13H22N4O2S/c1-3-7-17-11(14)10(12(18)16-13(17)19)15-8-5-4-6-9(8)20-2/h8-9,15H,3-7,14H2,1-2H3,(H,16,18,19). The van der Waals surface area contributed by atoms with Crippen molar-refractivity contribution in [1.29, 1.82) is 0 Å². The van der Waals surface area contributed by atoms with E-state index in [9.17, 15) is 9.59 Å². The summed E-state index contributed by atoms with van der Waals surface area (Å²) in [5, 5.41) is 3.74. The van der Waals surface area contributed by atoms with Crippen LogP contribution < -0.4 is 22.3 Å². The second-order valence-electron chi connectivity index (χ2n) is 5.13. The molecule has 1 heterocycles. The minimum absolute atomic E-state index is 0.237. The zero-order chi connectivity index (χ0) is 14.7. The highest BCUT2D eigenvalue weighted by molar-refractivity contribution is 7.99. The van der Waals surface area contributed by atoms with Gasteiger partial charge in [-0.2, -0.15) is 11.8 Å². The number of hydrogen-bond acceptors (Lipinski definition) is 5. The van der Waals surface area contributed by atoms with Crippen LogP contribution in [0.15, 0.2) is 9.59 Å². The Morgan fingerprint density at radius 2 is 2.20 bits per heavy atom. The molecule has 2 unspecified atom stereocenters. The molecule has 6 nitrogen and oxygen atoms in total. The third kappa shape index (κ3) is 2.87. The number of rotatable bonds is 5. The van der Waals surface area contributed by atoms with Crippen LogP contribution in [0.2, 0.25) is 0 Å². The zero-order valence-corrected chi connectivity index (χ0v) is 12.8. The van der Waals surface area contributed by atoms with Crippen molar-refractivity contribution in [3.8, 4) is 0 Å². The molecule has 0 radical (unpaired) electrons. The van der Waals surface area contributed by atoms with E-state index in [1.807, 2.05) is 6.92 Å². The smallest absolute Gasteiger partial charge is 0.330 e. The molecule has 1 fully saturated rings. The van der Waals surface area contributed by atoms with Gasteiger partial charge in [0.05, 0.1) is 0 Å². The van der Waals surface area contributed by atoms with Crippen LogP contribution >= 0.6 is 11.8 Å². The van der Waals surface area contributed by atoms with Gasteiger partial charge in [-0.25, -0.2) is 4.79 Å². The lowest BCUT2D eigenvalue weighted by atomic mass is 10.2. The van der Waals surface area contributed by atoms with E-state index in [4.69, 9.17) is 5.73 Å². The zero-order valence-electron chi connectivity index (χ0n) is 11.9. The summed E-state index contributed by atoms with van der Waals surface area (Å²) in [6, 6.07) is 0.237. The second-order valence-corrected chi connectivity index (χ2v) is 6.20. The predicted molar refractivity (Wildman–Crippen MR) is 84.6 cm³/mol. The van der Waals surface area contributed by atoms with E-state index in [1.54, 1.807) is 11.8 Å². The van der Waals surface area contributed by atoms with E-state index in [0.717, 1.165) is 25.7 Å². The summed E-state index contributed by atoms with van der Waals surface area (Å²) < 4.78 is 1.42. The summed E-state index contributed by atoms with van der Waals surface area (Å²) in [7, 11) is 0. The molecular weight excluding hydrogens is 276 g/mol. The van der Waals surface area contributed by atoms with Gasteiger partial charge in [0, 0.05) is 17.8 Å². The van der Waals surface area contributed by atoms with Gasteiger partial charge < -0.3 is 11.1 Å². The van der Waals surface area contributed by atoms with Crippen molar-refractivity contribution in [2.45, 2.75) is 50.4 Å². The average Bonchev–Trinajstić information content (AvgIpc) is 2.86. The van der Waals surface area contributed by atoms with Crippen LogP contribution in [-0.2, 0) is 6.54 Å². The Kier molecular flexibility index (Phi) is 4.80. The van der Waals surface area contributed by atoms with E-state index >= 15 is 0 Å². The molecule has 0 aromatic carbocycles. The summed E-state index contributed by atoms with van der Waals surface area (Å²) in [5.41, 5.74) is 5.49. The molecule has 0 amide bonds. The Hall–Kier alpha value is -1.37. The van der Waals surface area contributed by atoms with Crippen molar-refractivity contribution >= 4 is 23.3 Å². The molecule has 1 aliphatic rings. The van der Waals surface area contributed by atoms with Gasteiger partial charge in [-0.3, -0.25) is 14.3 Å². The first-order valence-electron chi connectivity index (χ1n) is 7.00. The summed E-state index contributed by atoms with van der Waals surface area (Å²) in [6.45, 7) is 2.47. The lowest BCUT2D eigenvalue weighted by Crippen LogP contribution is -2.37. The maximum Gasteiger partial charge on any atom is 0.330 e. The summed E-state index contributed by atoms with van der Waals surface area (Å²) >= 11 is 1.80. The molecule has 2 atom stereocenters. The molecule has 0 spiro atoms. The minimum atomic E-state index is -0.437. The number of thioether (sulfide) groups is 1. The van der Waals surface area contributed by atoms with Crippen molar-refractivity contribution in [2.75, 3.05) is 17.3 Å². The first-order chi connectivity index (χ1) is 9.58. The van der Waals surface area contributed by atoms with Crippen molar-refractivity contribution in [3.05, 3.63) is 20.8 Å². The minimum Gasteiger partial charge on any atom is -0.383 e. The fourth-order valence-corrected chi connectivity index (χ4v) is 3.67. The Morgan fingerprint density at radius 1 is 1.45 bits per heavy atom. The predicted octanol–water partition coefficient (Wildman–Crippen LogP) is 1.22. The molecule has 1 aromatic rings. The molecule has 1 saturated carbocycles. The molecule has 1 aromatic heterocycles. The second kappa shape index (κ2) is 6.39. The summed E-state index contributed by atoms with van der Waals surface area (Å²) in [4.78, 5) is 26.1. The number of nitrogens with zero attached hydrogens (tertiary/aromatic N) is 1. The Balaban J connectivity index is 2.34. The quantitative estimate of drug-likeness (QED) is 0.760. The molecule has 0 bridgehead atoms. The van der Waals surface area contributed by atoms with Crippen LogP contribution in [0.5, 0.6) is 0 Å². The van der Waals surface area contributed by atoms with Gasteiger partial charge in [-0.05, 0) is 25.5 Å². The van der Waals surface area contributed by atoms with Gasteiger partial charge in [0.1, 0.15) is 11.5 Å². The van der Waals surface area contributed by atoms with Gasteiger partial charge in [-0.15, -0.1) is 0 Å². The first-order valence-corrected chi connectivity index (χ1v) is 8.29. The monoisotopic (exact) mass is 298 g/mol. The fraction of sp³-hybridized carbons (Fsp3) is 0.692. The lowest BCUT2D eigenvalue weighted by molar-refractivity contribution is 0.640. The molecular formula is C13H22N4O2S. The highest BCUT2D eigenvalue weighted by atomic mass is 32.2. The number of H-pyrrole nitrogens is 1. The van der Waals surface area contributed by atoms with Crippen molar-refractivity contribution in [3.63, 3.8) is 0 Å². The largest absolute Gasteiger partial charge is 0.383 e. The molecule has 1 aliphatic carbocycles. The molecule has 112 valence electrons. The van der Waals surface area contributed by atoms with E-state index in [2.05, 4.69) is 16.6 Å². The van der Waals surface area contributed by atoms with Gasteiger partial charge in [0.15, 0.2) is 0 Å². The van der Waals surface area contributed by atoms with Gasteiger partial charge in [0.2, 0.25) is 0 Å². The van der Waals surface area contributed by atoms with Gasteiger partial charge in [-0.1, -0.05) is 13.3 Å². The van der Waals surface area contributed by atoms with Crippen LogP contribution in [-0.4, -0.2) is 27.1 Å². The SMILES string of the molecule is CCCn1c(N)c(NC2CCCC2SC)c(=O)[nH]c1=O. The maximum absolute atomic E-state index is 12.0. The lowest BCUT2D eigenvalue weighted by Gasteiger charge is -2.21. The molecule has 4 N–H and O–H groups in total. The third-order valence-corrected chi connectivity index (χ3v) is 4.94. The van der Waals surface area contributed by atoms with Crippen molar-refractivity contribution < 1.29 is 0 Å². The highest BCUT2D eigenvalue weighted by Crippen LogP contribution is 2.30. The topological polar surface area (TPSA) is 92.9 Å². The molecule has 20 heavy (non-hydrogen) atoms. The Morgan fingerprint density at radius 3 is 2.85 bits per heavy atom. The number of aromatic amines is 1. The number of hydrogen-bond donors (Lipinski definition) is 3. The van der Waals surface area contributed by atoms with Crippen LogP contribution in [0.25, 0.3) is 0 Å². The summed E-state index contributed by atoms with van der Waals surface area (Å²) in [5.74, 6) is 0.243. The van der Waals surface area contributed by atoms with Gasteiger partial charge in [0.25, 0.3) is 5.56 Å². The van der Waals surface area contributed by atoms with E-state index in [1.165, 1.54) is 4.57 Å². The van der Waals surface area contributed by atoms with Crippen molar-refractivity contribution in [2.24, 2.45) is 0 Å². The van der Waals surface area contributed by atoms with Crippen LogP contribution in [0.4, 0.5) is 11.5 Å². The third-order valence-electron chi connectivity index (χ3n) is 3.77. The fourth-order valence-electron chi connectivity index (χ4n) is 2.73. The van der Waals surface area contributed by atoms with E-state index < -0.39 is 11.2 Å². The average molecular weight is 298 g/mol. The van der Waals surface area contributed by atoms with Crippen LogP contribution in [0, 0.1) is 0 Å². The number of nitrogen functional groups attached to an aromatic ring is 1. The first kappa shape index (κ1) is 15.0. The highest BCUT2D eigenvalue weighted by Gasteiger charge is 2.28. The molecule has 2 rings (SSSR count). The molecule has 7 heteroatoms. The van der Waals surface area contributed by atoms with Crippen LogP contribution in [0.1, 0.15) is 32.6 Å². The molecule has 0 aliphatic heterocycles. The Labute approximate surface area is 122 Å². The van der Waals surface area contributed by atoms with E-state index in [0.29, 0.717) is 17.5 Å². The number of nitrogens with one attached hydrogen (secondary N) is 2. The van der Waals surface area contributed by atoms with Gasteiger partial charge >= 0.3 is 5.69 Å².